The first-order chi connectivity index (χ1) is 21.8. The number of carbonyl (C=O) groups excluding carboxylic acids is 1. The second kappa shape index (κ2) is 11.0. The Morgan fingerprint density at radius 1 is 1.04 bits per heavy atom. The van der Waals surface area contributed by atoms with Crippen LogP contribution in [0.25, 0.3) is 32.9 Å². The van der Waals surface area contributed by atoms with Crippen molar-refractivity contribution in [1.29, 1.82) is 0 Å². The van der Waals surface area contributed by atoms with Gasteiger partial charge >= 0.3 is 12.5 Å². The van der Waals surface area contributed by atoms with Crippen molar-refractivity contribution in [2.45, 2.75) is 62.3 Å². The van der Waals surface area contributed by atoms with Gasteiger partial charge in [0.25, 0.3) is 0 Å². The van der Waals surface area contributed by atoms with Gasteiger partial charge in [0.1, 0.15) is 17.0 Å². The molecular formula is C29H23F5IN5O5S. The molecule has 3 aliphatic heterocycles. The van der Waals surface area contributed by atoms with Gasteiger partial charge in [0, 0.05) is 17.5 Å². The number of alkyl halides is 3. The van der Waals surface area contributed by atoms with E-state index in [1.54, 1.807) is 4.90 Å². The molecule has 1 amide bonds. The zero-order chi connectivity index (χ0) is 32.7. The number of rotatable bonds is 4. The lowest BCUT2D eigenvalue weighted by atomic mass is 9.97. The fourth-order valence-corrected chi connectivity index (χ4v) is 7.96. The van der Waals surface area contributed by atoms with Crippen molar-refractivity contribution in [3.63, 3.8) is 0 Å². The Morgan fingerprint density at radius 2 is 1.83 bits per heavy atom. The number of amides is 1. The first-order valence-corrected chi connectivity index (χ1v) is 16.8. The molecule has 3 aliphatic rings. The van der Waals surface area contributed by atoms with Crippen LogP contribution in [0.15, 0.2) is 35.5 Å². The SMILES string of the molecule is CCS(=O)(=O)c1nc2c3c(nc(-c4cccc5ccc(F)c(OC(F)(F)F)c45)c(F)c3n1)CC[C@@H]1[C@@H]3CC[C@H](CN21)N3C(=O)OI. The van der Waals surface area contributed by atoms with E-state index >= 15 is 4.39 Å². The van der Waals surface area contributed by atoms with E-state index < -0.39 is 50.5 Å². The van der Waals surface area contributed by atoms with Crippen LogP contribution < -0.4 is 9.64 Å². The molecule has 17 heteroatoms. The number of aromatic nitrogens is 3. The van der Waals surface area contributed by atoms with E-state index in [2.05, 4.69) is 19.7 Å². The molecule has 5 heterocycles. The van der Waals surface area contributed by atoms with Crippen molar-refractivity contribution in [3.8, 4) is 17.0 Å². The molecule has 46 heavy (non-hydrogen) atoms. The Kier molecular flexibility index (Phi) is 7.41. The summed E-state index contributed by atoms with van der Waals surface area (Å²) in [5.41, 5.74) is -0.761. The van der Waals surface area contributed by atoms with Crippen LogP contribution in [0.4, 0.5) is 32.6 Å². The molecule has 2 aromatic heterocycles. The van der Waals surface area contributed by atoms with Gasteiger partial charge in [-0.1, -0.05) is 31.2 Å². The fraction of sp³-hybridized carbons (Fsp3) is 0.379. The van der Waals surface area contributed by atoms with Gasteiger partial charge in [-0.15, -0.1) is 13.2 Å². The maximum atomic E-state index is 16.8. The van der Waals surface area contributed by atoms with Gasteiger partial charge in [-0.25, -0.2) is 36.9 Å². The number of benzene rings is 2. The second-order valence-electron chi connectivity index (χ2n) is 11.3. The average molecular weight is 775 g/mol. The van der Waals surface area contributed by atoms with Crippen LogP contribution in [0.3, 0.4) is 0 Å². The molecule has 3 atom stereocenters. The molecule has 10 nitrogen and oxygen atoms in total. The number of sulfone groups is 1. The van der Waals surface area contributed by atoms with Crippen molar-refractivity contribution < 1.29 is 43.0 Å². The third kappa shape index (κ3) is 4.87. The number of carbonyl (C=O) groups is 1. The Labute approximate surface area is 272 Å². The number of nitrogens with zero attached hydrogens (tertiary/aromatic N) is 5. The minimum atomic E-state index is -5.26. The average Bonchev–Trinajstić information content (AvgIpc) is 3.25. The van der Waals surface area contributed by atoms with Crippen molar-refractivity contribution in [2.24, 2.45) is 0 Å². The summed E-state index contributed by atoms with van der Waals surface area (Å²) in [5, 5.41) is -0.698. The predicted molar refractivity (Wildman–Crippen MR) is 163 cm³/mol. The number of pyridine rings is 1. The molecule has 2 fully saturated rings. The summed E-state index contributed by atoms with van der Waals surface area (Å²) in [5.74, 6) is -3.82. The zero-order valence-corrected chi connectivity index (χ0v) is 26.8. The van der Waals surface area contributed by atoms with Crippen LogP contribution in [-0.4, -0.2) is 71.1 Å². The van der Waals surface area contributed by atoms with Crippen LogP contribution in [-0.2, 0) is 19.3 Å². The molecule has 0 spiro atoms. The maximum Gasteiger partial charge on any atom is 0.573 e. The number of halogens is 6. The molecule has 2 aromatic carbocycles. The third-order valence-corrected chi connectivity index (χ3v) is 10.8. The summed E-state index contributed by atoms with van der Waals surface area (Å²) in [4.78, 5) is 29.5. The highest BCUT2D eigenvalue weighted by Gasteiger charge is 2.50. The number of hydrogen-bond acceptors (Lipinski definition) is 9. The summed E-state index contributed by atoms with van der Waals surface area (Å²) in [7, 11) is -4.08. The second-order valence-corrected chi connectivity index (χ2v) is 13.9. The van der Waals surface area contributed by atoms with Crippen molar-refractivity contribution in [1.82, 2.24) is 19.9 Å². The molecule has 0 unspecified atom stereocenters. The van der Waals surface area contributed by atoms with E-state index in [-0.39, 0.29) is 75.6 Å². The molecule has 7 rings (SSSR count). The Bertz CT molecular complexity index is 2050. The molecule has 0 saturated carbocycles. The van der Waals surface area contributed by atoms with E-state index in [1.165, 1.54) is 54.2 Å². The normalized spacial score (nSPS) is 21.0. The summed E-state index contributed by atoms with van der Waals surface area (Å²) in [6.45, 7) is 1.67. The van der Waals surface area contributed by atoms with Crippen molar-refractivity contribution >= 4 is 66.4 Å². The van der Waals surface area contributed by atoms with E-state index in [1.807, 2.05) is 4.90 Å². The molecule has 0 aliphatic carbocycles. The topological polar surface area (TPSA) is 115 Å². The molecule has 2 bridgehead atoms. The zero-order valence-electron chi connectivity index (χ0n) is 23.8. The van der Waals surface area contributed by atoms with Gasteiger partial charge in [-0.2, -0.15) is 0 Å². The quantitative estimate of drug-likeness (QED) is 0.135. The van der Waals surface area contributed by atoms with Crippen molar-refractivity contribution in [2.75, 3.05) is 17.2 Å². The number of anilines is 1. The highest BCUT2D eigenvalue weighted by Crippen LogP contribution is 2.46. The van der Waals surface area contributed by atoms with Crippen LogP contribution in [0.2, 0.25) is 0 Å². The van der Waals surface area contributed by atoms with Gasteiger partial charge in [0.05, 0.1) is 35.0 Å². The summed E-state index contributed by atoms with van der Waals surface area (Å²) < 4.78 is 107. The lowest BCUT2D eigenvalue weighted by Gasteiger charge is -2.46. The smallest absolute Gasteiger partial charge is 0.402 e. The molecule has 0 N–H and O–H groups in total. The van der Waals surface area contributed by atoms with Crippen LogP contribution in [0.5, 0.6) is 5.75 Å². The highest BCUT2D eigenvalue weighted by atomic mass is 127. The Hall–Kier alpha value is -3.61. The Balaban J connectivity index is 1.50. The van der Waals surface area contributed by atoms with Crippen LogP contribution in [0.1, 0.15) is 31.9 Å². The summed E-state index contributed by atoms with van der Waals surface area (Å²) in [6.07, 6.45) is -3.82. The summed E-state index contributed by atoms with van der Waals surface area (Å²) in [6, 6.07) is 5.27. The van der Waals surface area contributed by atoms with Crippen molar-refractivity contribution in [3.05, 3.63) is 47.7 Å². The van der Waals surface area contributed by atoms with E-state index in [4.69, 9.17) is 3.07 Å². The maximum absolute atomic E-state index is 16.8. The fourth-order valence-electron chi connectivity index (χ4n) is 7.01. The largest absolute Gasteiger partial charge is 0.573 e. The third-order valence-electron chi connectivity index (χ3n) is 8.93. The summed E-state index contributed by atoms with van der Waals surface area (Å²) >= 11 is 1.53. The standard InChI is InChI=1S/C29H23F5IN5O5S/c1-2-46(42,43)27-37-24-21-17(9-11-18-19-10-7-14(40(19)28(41)45-35)12-39(18)26(21)38-27)36-23(22(24)31)15-5-3-4-13-6-8-16(30)25(20(13)15)44-29(32,33)34/h3-6,8,14,18-19H,2,7,9-12H2,1H3/t14-,18-,19+/m1/s1. The van der Waals surface area contributed by atoms with E-state index in [9.17, 15) is 30.8 Å². The van der Waals surface area contributed by atoms with E-state index in [0.29, 0.717) is 19.3 Å². The van der Waals surface area contributed by atoms with E-state index in [0.717, 1.165) is 6.07 Å². The highest BCUT2D eigenvalue weighted by molar-refractivity contribution is 14.1. The molecular weight excluding hydrogens is 752 g/mol. The minimum Gasteiger partial charge on any atom is -0.402 e. The van der Waals surface area contributed by atoms with Gasteiger partial charge in [0.2, 0.25) is 15.0 Å². The van der Waals surface area contributed by atoms with Gasteiger partial charge in [-0.3, -0.25) is 4.90 Å². The Morgan fingerprint density at radius 3 is 2.54 bits per heavy atom. The van der Waals surface area contributed by atoms with Gasteiger partial charge < -0.3 is 12.7 Å². The monoisotopic (exact) mass is 775 g/mol. The predicted octanol–water partition coefficient (Wildman–Crippen LogP) is 6.27. The number of ether oxygens (including phenoxy) is 1. The number of hydrogen-bond donors (Lipinski definition) is 0. The number of fused-ring (bicyclic) bond motifs is 6. The molecule has 0 radical (unpaired) electrons. The number of aryl methyl sites for hydroxylation is 1. The molecule has 2 saturated heterocycles. The minimum absolute atomic E-state index is 0.123. The number of piperazine rings is 1. The van der Waals surface area contributed by atoms with Gasteiger partial charge in [0.15, 0.2) is 40.4 Å². The van der Waals surface area contributed by atoms with Crippen LogP contribution >= 0.6 is 23.0 Å². The van der Waals surface area contributed by atoms with Crippen LogP contribution in [0, 0.1) is 11.6 Å². The lowest BCUT2D eigenvalue weighted by molar-refractivity contribution is -0.275. The first kappa shape index (κ1) is 31.0. The first-order valence-electron chi connectivity index (χ1n) is 14.3. The molecule has 242 valence electrons. The molecule has 4 aromatic rings. The van der Waals surface area contributed by atoms with Gasteiger partial charge in [-0.05, 0) is 37.1 Å². The lowest BCUT2D eigenvalue weighted by Crippen LogP contribution is -2.61.